The molecule has 5 aromatic rings. The molecule has 0 saturated carbocycles. The van der Waals surface area contributed by atoms with E-state index in [0.717, 1.165) is 22.9 Å². The molecule has 1 aliphatic heterocycles. The Balaban J connectivity index is 0.00000239. The minimum Gasteiger partial charge on any atom is -0.479 e. The number of nitrogen functional groups attached to an aromatic ring is 1. The molecule has 12 nitrogen and oxygen atoms in total. The maximum atomic E-state index is 14.1. The molecule has 15 heteroatoms. The van der Waals surface area contributed by atoms with Crippen molar-refractivity contribution in [1.29, 1.82) is 0 Å². The number of carbonyl (C=O) groups excluding carboxylic acids is 1. The van der Waals surface area contributed by atoms with Gasteiger partial charge in [0.05, 0.1) is 19.8 Å². The lowest BCUT2D eigenvalue weighted by atomic mass is 10.1. The summed E-state index contributed by atoms with van der Waals surface area (Å²) in [5.41, 5.74) is 7.00. The number of aryl methyl sites for hydroxylation is 1. The third-order valence-corrected chi connectivity index (χ3v) is 9.29. The molecular weight excluding hydrogens is 669 g/mol. The molecule has 2 aromatic heterocycles. The van der Waals surface area contributed by atoms with Crippen LogP contribution < -0.4 is 20.1 Å². The van der Waals surface area contributed by atoms with Gasteiger partial charge in [-0.15, -0.1) is 0 Å². The van der Waals surface area contributed by atoms with Crippen LogP contribution >= 0.6 is 8.53 Å². The molecule has 3 N–H and O–H groups in total. The zero-order valence-electron chi connectivity index (χ0n) is 28.7. The van der Waals surface area contributed by atoms with Gasteiger partial charge in [0, 0.05) is 22.9 Å². The van der Waals surface area contributed by atoms with Crippen molar-refractivity contribution in [3.63, 3.8) is 0 Å². The predicted molar refractivity (Wildman–Crippen MR) is 186 cm³/mol. The first-order chi connectivity index (χ1) is 24.1. The average Bonchev–Trinajstić information content (AvgIpc) is 3.64. The lowest BCUT2D eigenvalue weighted by Crippen LogP contribution is -2.34. The number of methoxy groups -OCH3 is 1. The molecular formula is C35H41F2N6O6P. The highest BCUT2D eigenvalue weighted by Crippen LogP contribution is 2.42. The third-order valence-electron chi connectivity index (χ3n) is 7.95. The second-order valence-electron chi connectivity index (χ2n) is 11.5. The predicted octanol–water partition coefficient (Wildman–Crippen LogP) is 7.15. The second kappa shape index (κ2) is 16.5. The van der Waals surface area contributed by atoms with E-state index in [1.54, 1.807) is 6.92 Å². The first kappa shape index (κ1) is 36.8. The molecule has 1 saturated heterocycles. The van der Waals surface area contributed by atoms with E-state index in [-0.39, 0.29) is 42.6 Å². The van der Waals surface area contributed by atoms with Crippen molar-refractivity contribution in [3.05, 3.63) is 83.7 Å². The molecule has 3 heterocycles. The van der Waals surface area contributed by atoms with Gasteiger partial charge in [0.15, 0.2) is 11.2 Å². The first-order valence-corrected chi connectivity index (χ1v) is 17.5. The van der Waals surface area contributed by atoms with Crippen molar-refractivity contribution in [2.75, 3.05) is 19.5 Å². The number of carbonyl (C=O) groups is 1. The van der Waals surface area contributed by atoms with E-state index >= 15 is 0 Å². The van der Waals surface area contributed by atoms with Crippen LogP contribution in [0.25, 0.3) is 21.9 Å². The van der Waals surface area contributed by atoms with E-state index in [0.29, 0.717) is 29.2 Å². The molecule has 6 rings (SSSR count). The number of esters is 1. The monoisotopic (exact) mass is 710 g/mol. The Morgan fingerprint density at radius 3 is 2.64 bits per heavy atom. The van der Waals surface area contributed by atoms with Gasteiger partial charge in [-0.05, 0) is 43.9 Å². The number of hydrogen-bond donors (Lipinski definition) is 2. The molecule has 5 unspecified atom stereocenters. The average molecular weight is 711 g/mol. The molecule has 266 valence electrons. The molecule has 1 aliphatic rings. The van der Waals surface area contributed by atoms with Crippen molar-refractivity contribution in [1.82, 2.24) is 24.6 Å². The normalized spacial score (nSPS) is 18.4. The first-order valence-electron chi connectivity index (χ1n) is 16.3. The van der Waals surface area contributed by atoms with E-state index < -0.39 is 38.4 Å². The van der Waals surface area contributed by atoms with Crippen LogP contribution in [-0.4, -0.2) is 51.4 Å². The standard InChI is InChI=1S/C33H35F2N6O6P.C2H6/c1-18-14-24(46-31(18)41-20(3)37-28-29(41)38-33(36)39-30(28)43-4)17-45-48(47-27-11-7-9-21-8-5-6-10-25(21)27)40-19(2)32(42)44-16-22-12-13-23(34)15-26(22)35;1-2/h5-13,15,18-19,24,31,40H,14,16-17H2,1-4H3,(H2,36,38,39);1-2H3. The van der Waals surface area contributed by atoms with Crippen LogP contribution in [0, 0.1) is 24.5 Å². The fourth-order valence-corrected chi connectivity index (χ4v) is 6.83. The summed E-state index contributed by atoms with van der Waals surface area (Å²) in [6.45, 7) is 9.28. The number of hydrogen-bond acceptors (Lipinski definition) is 11. The number of imidazole rings is 1. The van der Waals surface area contributed by atoms with Crippen LogP contribution in [0.5, 0.6) is 11.6 Å². The Labute approximate surface area is 290 Å². The Bertz CT molecular complexity index is 1940. The summed E-state index contributed by atoms with van der Waals surface area (Å²) < 4.78 is 59.1. The smallest absolute Gasteiger partial charge is 0.323 e. The zero-order valence-corrected chi connectivity index (χ0v) is 29.6. The van der Waals surface area contributed by atoms with Gasteiger partial charge < -0.3 is 29.0 Å². The summed E-state index contributed by atoms with van der Waals surface area (Å²) in [7, 11) is -0.424. The Morgan fingerprint density at radius 2 is 1.88 bits per heavy atom. The largest absolute Gasteiger partial charge is 0.479 e. The maximum Gasteiger partial charge on any atom is 0.323 e. The van der Waals surface area contributed by atoms with Gasteiger partial charge in [-0.25, -0.2) is 18.9 Å². The third kappa shape index (κ3) is 8.27. The molecule has 0 aliphatic carbocycles. The molecule has 0 amide bonds. The highest BCUT2D eigenvalue weighted by Gasteiger charge is 2.37. The van der Waals surface area contributed by atoms with E-state index in [1.807, 2.05) is 67.8 Å². The van der Waals surface area contributed by atoms with E-state index in [2.05, 4.69) is 27.0 Å². The van der Waals surface area contributed by atoms with Gasteiger partial charge in [-0.1, -0.05) is 57.2 Å². The van der Waals surface area contributed by atoms with Crippen LogP contribution in [0.4, 0.5) is 14.7 Å². The zero-order chi connectivity index (χ0) is 35.9. The number of nitrogens with two attached hydrogens (primary N) is 1. The fraction of sp³-hybridized carbons (Fsp3) is 0.371. The number of halogens is 2. The number of anilines is 1. The van der Waals surface area contributed by atoms with Crippen molar-refractivity contribution in [2.45, 2.75) is 66.0 Å². The van der Waals surface area contributed by atoms with Gasteiger partial charge in [-0.3, -0.25) is 9.36 Å². The van der Waals surface area contributed by atoms with Gasteiger partial charge in [-0.2, -0.15) is 9.97 Å². The van der Waals surface area contributed by atoms with Crippen molar-refractivity contribution >= 4 is 42.4 Å². The van der Waals surface area contributed by atoms with Crippen LogP contribution in [0.15, 0.2) is 60.7 Å². The minimum absolute atomic E-state index is 0.0517. The Hall–Kier alpha value is -4.49. The lowest BCUT2D eigenvalue weighted by molar-refractivity contribution is -0.146. The quantitative estimate of drug-likeness (QED) is 0.101. The molecule has 0 radical (unpaired) electrons. The summed E-state index contributed by atoms with van der Waals surface area (Å²) in [5, 5.41) is 4.93. The molecule has 50 heavy (non-hydrogen) atoms. The number of aromatic nitrogens is 4. The highest BCUT2D eigenvalue weighted by molar-refractivity contribution is 7.45. The number of benzene rings is 3. The van der Waals surface area contributed by atoms with Crippen LogP contribution in [0.2, 0.25) is 0 Å². The minimum atomic E-state index is -1.92. The van der Waals surface area contributed by atoms with Gasteiger partial charge in [0.1, 0.15) is 42.1 Å². The molecule has 5 atom stereocenters. The van der Waals surface area contributed by atoms with Crippen molar-refractivity contribution in [3.8, 4) is 11.6 Å². The molecule has 0 spiro atoms. The topological polar surface area (TPSA) is 145 Å². The van der Waals surface area contributed by atoms with Gasteiger partial charge in [0.2, 0.25) is 11.8 Å². The number of rotatable bonds is 12. The molecule has 3 aromatic carbocycles. The van der Waals surface area contributed by atoms with Crippen molar-refractivity contribution in [2.24, 2.45) is 5.92 Å². The van der Waals surface area contributed by atoms with Crippen LogP contribution in [0.3, 0.4) is 0 Å². The summed E-state index contributed by atoms with van der Waals surface area (Å²) in [4.78, 5) is 26.1. The summed E-state index contributed by atoms with van der Waals surface area (Å²) >= 11 is 0. The Morgan fingerprint density at radius 1 is 1.12 bits per heavy atom. The number of ether oxygens (including phenoxy) is 3. The number of fused-ring (bicyclic) bond motifs is 2. The highest BCUT2D eigenvalue weighted by atomic mass is 31.2. The second-order valence-corrected chi connectivity index (χ2v) is 12.7. The van der Waals surface area contributed by atoms with E-state index in [9.17, 15) is 13.6 Å². The summed E-state index contributed by atoms with van der Waals surface area (Å²) in [6, 6.07) is 15.6. The summed E-state index contributed by atoms with van der Waals surface area (Å²) in [5.74, 6) is -0.566. The summed E-state index contributed by atoms with van der Waals surface area (Å²) in [6.07, 6.45) is -0.101. The maximum absolute atomic E-state index is 14.1. The van der Waals surface area contributed by atoms with Crippen LogP contribution in [0.1, 0.15) is 51.7 Å². The van der Waals surface area contributed by atoms with Crippen LogP contribution in [-0.2, 0) is 25.4 Å². The number of nitrogens with zero attached hydrogens (tertiary/aromatic N) is 4. The number of nitrogens with one attached hydrogen (secondary N) is 1. The van der Waals surface area contributed by atoms with Gasteiger partial charge >= 0.3 is 14.5 Å². The van der Waals surface area contributed by atoms with Gasteiger partial charge in [0.25, 0.3) is 0 Å². The molecule has 0 bridgehead atoms. The molecule has 1 fully saturated rings. The SMILES string of the molecule is CC.COc1nc(N)nc2c1nc(C)n2C1OC(COP(NC(C)C(=O)OCc2ccc(F)cc2F)Oc2cccc3ccccc23)CC1C. The van der Waals surface area contributed by atoms with Crippen molar-refractivity contribution < 1.29 is 36.8 Å². The lowest BCUT2D eigenvalue weighted by Gasteiger charge is -2.24. The fourth-order valence-electron chi connectivity index (χ4n) is 5.59. The van der Waals surface area contributed by atoms with E-state index in [1.165, 1.54) is 13.2 Å². The van der Waals surface area contributed by atoms with E-state index in [4.69, 9.17) is 29.0 Å². The Kier molecular flexibility index (Phi) is 12.1.